The predicted molar refractivity (Wildman–Crippen MR) is 70.2 cm³/mol. The molecule has 0 aliphatic heterocycles. The highest BCUT2D eigenvalue weighted by molar-refractivity contribution is 9.10. The predicted octanol–water partition coefficient (Wildman–Crippen LogP) is 3.43. The second-order valence-corrected chi connectivity index (χ2v) is 4.32. The van der Waals surface area contributed by atoms with Gasteiger partial charge in [-0.1, -0.05) is 28.1 Å². The third-order valence-corrected chi connectivity index (χ3v) is 2.67. The van der Waals surface area contributed by atoms with Gasteiger partial charge in [-0.25, -0.2) is 0 Å². The number of halogens is 1. The number of benzene rings is 1. The van der Waals surface area contributed by atoms with E-state index in [1.54, 1.807) is 6.20 Å². The lowest BCUT2D eigenvalue weighted by Gasteiger charge is -2.01. The van der Waals surface area contributed by atoms with E-state index < -0.39 is 0 Å². The van der Waals surface area contributed by atoms with Crippen LogP contribution in [0.1, 0.15) is 5.56 Å². The number of hydrogen-bond acceptors (Lipinski definition) is 3. The average molecular weight is 294 g/mol. The Hall–Kier alpha value is -1.29. The number of thiocarbonyl (C=S) groups is 1. The summed E-state index contributed by atoms with van der Waals surface area (Å²) < 4.78 is 2.89. The van der Waals surface area contributed by atoms with Crippen molar-refractivity contribution >= 4 is 39.0 Å². The largest absolute Gasteiger partial charge is 0.266 e. The Balaban J connectivity index is 2.14. The van der Waals surface area contributed by atoms with Gasteiger partial charge in [-0.15, -0.1) is 0 Å². The Morgan fingerprint density at radius 3 is 2.81 bits per heavy atom. The molecule has 0 fully saturated rings. The highest BCUT2D eigenvalue weighted by Gasteiger charge is 1.98. The number of aliphatic imine (C=N–C) groups is 1. The molecule has 2 rings (SSSR count). The molecule has 0 aliphatic carbocycles. The maximum absolute atomic E-state index is 4.53. The lowest BCUT2D eigenvalue weighted by atomic mass is 10.2. The smallest absolute Gasteiger partial charge is 0.112 e. The summed E-state index contributed by atoms with van der Waals surface area (Å²) in [6, 6.07) is 8.12. The molecule has 0 atom stereocenters. The summed E-state index contributed by atoms with van der Waals surface area (Å²) in [7, 11) is 0. The Morgan fingerprint density at radius 2 is 2.12 bits per heavy atom. The number of hydrogen-bond donors (Lipinski definition) is 0. The Kier molecular flexibility index (Phi) is 3.62. The van der Waals surface area contributed by atoms with Crippen molar-refractivity contribution in [3.8, 4) is 0 Å². The van der Waals surface area contributed by atoms with Crippen LogP contribution in [0.5, 0.6) is 0 Å². The van der Waals surface area contributed by atoms with Crippen LogP contribution in [0, 0.1) is 0 Å². The van der Waals surface area contributed by atoms with Gasteiger partial charge in [0.05, 0.1) is 24.1 Å². The van der Waals surface area contributed by atoms with Gasteiger partial charge in [-0.2, -0.15) is 10.1 Å². The van der Waals surface area contributed by atoms with Crippen LogP contribution >= 0.6 is 28.1 Å². The molecule has 5 heteroatoms. The molecule has 1 aromatic carbocycles. The first kappa shape index (κ1) is 11.2. The van der Waals surface area contributed by atoms with Crippen LogP contribution in [0.25, 0.3) is 0 Å². The van der Waals surface area contributed by atoms with Crippen molar-refractivity contribution in [2.45, 2.75) is 6.54 Å². The van der Waals surface area contributed by atoms with Crippen molar-refractivity contribution in [1.29, 1.82) is 0 Å². The lowest BCUT2D eigenvalue weighted by molar-refractivity contribution is 0.687. The minimum Gasteiger partial charge on any atom is -0.266 e. The molecule has 1 heterocycles. The van der Waals surface area contributed by atoms with Crippen molar-refractivity contribution in [2.75, 3.05) is 0 Å². The van der Waals surface area contributed by atoms with Crippen molar-refractivity contribution < 1.29 is 0 Å². The molecule has 16 heavy (non-hydrogen) atoms. The summed E-state index contributed by atoms with van der Waals surface area (Å²) in [5, 5.41) is 6.49. The molecule has 0 N–H and O–H groups in total. The van der Waals surface area contributed by atoms with Crippen LogP contribution in [0.2, 0.25) is 0 Å². The van der Waals surface area contributed by atoms with Crippen LogP contribution in [0.4, 0.5) is 5.69 Å². The van der Waals surface area contributed by atoms with E-state index in [1.807, 2.05) is 35.1 Å². The molecule has 0 amide bonds. The van der Waals surface area contributed by atoms with Crippen molar-refractivity contribution in [3.05, 3.63) is 46.7 Å². The highest BCUT2D eigenvalue weighted by atomic mass is 79.9. The fourth-order valence-corrected chi connectivity index (χ4v) is 1.70. The van der Waals surface area contributed by atoms with Crippen molar-refractivity contribution in [2.24, 2.45) is 4.99 Å². The van der Waals surface area contributed by atoms with Gasteiger partial charge in [-0.05, 0) is 29.9 Å². The van der Waals surface area contributed by atoms with E-state index in [4.69, 9.17) is 0 Å². The summed E-state index contributed by atoms with van der Waals surface area (Å²) in [5.74, 6) is 0. The van der Waals surface area contributed by atoms with E-state index in [-0.39, 0.29) is 0 Å². The van der Waals surface area contributed by atoms with Gasteiger partial charge < -0.3 is 0 Å². The molecule has 80 valence electrons. The maximum atomic E-state index is 4.53. The molecule has 0 bridgehead atoms. The van der Waals surface area contributed by atoms with E-state index in [1.165, 1.54) is 5.56 Å². The molecule has 2 aromatic rings. The van der Waals surface area contributed by atoms with E-state index in [2.05, 4.69) is 43.4 Å². The van der Waals surface area contributed by atoms with Crippen LogP contribution in [-0.4, -0.2) is 14.9 Å². The van der Waals surface area contributed by atoms with E-state index in [9.17, 15) is 0 Å². The zero-order valence-electron chi connectivity index (χ0n) is 8.30. The molecule has 0 unspecified atom stereocenters. The fraction of sp³-hybridized carbons (Fsp3) is 0.0909. The maximum Gasteiger partial charge on any atom is 0.112 e. The monoisotopic (exact) mass is 293 g/mol. The standard InChI is InChI=1S/C11H8BrN3S/c12-10-3-1-9(2-4-10)6-15-7-11(5-14-15)13-8-16/h1-5,7H,6H2. The van der Waals surface area contributed by atoms with Crippen LogP contribution in [0.15, 0.2) is 46.1 Å². The van der Waals surface area contributed by atoms with Crippen LogP contribution < -0.4 is 0 Å². The second-order valence-electron chi connectivity index (χ2n) is 3.23. The van der Waals surface area contributed by atoms with Gasteiger partial charge in [0, 0.05) is 4.47 Å². The third kappa shape index (κ3) is 2.85. The fourth-order valence-electron chi connectivity index (χ4n) is 1.33. The zero-order valence-corrected chi connectivity index (χ0v) is 10.7. The van der Waals surface area contributed by atoms with E-state index >= 15 is 0 Å². The molecule has 3 nitrogen and oxygen atoms in total. The summed E-state index contributed by atoms with van der Waals surface area (Å²) in [5.41, 5.74) is 1.91. The molecule has 1 aromatic heterocycles. The number of aromatic nitrogens is 2. The minimum atomic E-state index is 0.722. The zero-order chi connectivity index (χ0) is 11.4. The van der Waals surface area contributed by atoms with Gasteiger partial charge >= 0.3 is 0 Å². The Morgan fingerprint density at radius 1 is 1.38 bits per heavy atom. The van der Waals surface area contributed by atoms with Gasteiger partial charge in [0.2, 0.25) is 0 Å². The van der Waals surface area contributed by atoms with Crippen LogP contribution in [-0.2, 0) is 6.54 Å². The first-order chi connectivity index (χ1) is 7.78. The van der Waals surface area contributed by atoms with Crippen molar-refractivity contribution in [3.63, 3.8) is 0 Å². The van der Waals surface area contributed by atoms with Crippen molar-refractivity contribution in [1.82, 2.24) is 9.78 Å². The van der Waals surface area contributed by atoms with Gasteiger partial charge in [0.1, 0.15) is 5.69 Å². The topological polar surface area (TPSA) is 30.2 Å². The summed E-state index contributed by atoms with van der Waals surface area (Å²) in [6.45, 7) is 0.722. The first-order valence-electron chi connectivity index (χ1n) is 4.63. The number of isothiocyanates is 1. The van der Waals surface area contributed by atoms with Gasteiger partial charge in [0.25, 0.3) is 0 Å². The highest BCUT2D eigenvalue weighted by Crippen LogP contribution is 2.13. The molecular weight excluding hydrogens is 286 g/mol. The minimum absolute atomic E-state index is 0.722. The molecule has 0 spiro atoms. The Labute approximate surface area is 107 Å². The van der Waals surface area contributed by atoms with Gasteiger partial charge in [-0.3, -0.25) is 4.68 Å². The molecular formula is C11H8BrN3S. The molecule has 0 aliphatic rings. The third-order valence-electron chi connectivity index (χ3n) is 2.05. The second kappa shape index (κ2) is 5.16. The average Bonchev–Trinajstić information content (AvgIpc) is 2.70. The molecule has 0 radical (unpaired) electrons. The first-order valence-corrected chi connectivity index (χ1v) is 5.83. The SMILES string of the molecule is S=C=Nc1cnn(Cc2ccc(Br)cc2)c1. The summed E-state index contributed by atoms with van der Waals surface area (Å²) in [6.07, 6.45) is 3.50. The number of nitrogens with zero attached hydrogens (tertiary/aromatic N) is 3. The molecule has 0 saturated heterocycles. The molecule has 0 saturated carbocycles. The quantitative estimate of drug-likeness (QED) is 0.641. The lowest BCUT2D eigenvalue weighted by Crippen LogP contribution is -1.99. The van der Waals surface area contributed by atoms with E-state index in [0.717, 1.165) is 16.7 Å². The normalized spacial score (nSPS) is 9.81. The van der Waals surface area contributed by atoms with Gasteiger partial charge in [0.15, 0.2) is 0 Å². The van der Waals surface area contributed by atoms with E-state index in [0.29, 0.717) is 0 Å². The van der Waals surface area contributed by atoms with Crippen LogP contribution in [0.3, 0.4) is 0 Å². The number of rotatable bonds is 3. The Bertz CT molecular complexity index is 526. The summed E-state index contributed by atoms with van der Waals surface area (Å²) in [4.78, 5) is 3.86. The summed E-state index contributed by atoms with van der Waals surface area (Å²) >= 11 is 7.93.